The van der Waals surface area contributed by atoms with E-state index in [0.717, 1.165) is 11.1 Å². The van der Waals surface area contributed by atoms with Crippen LogP contribution in [0.2, 0.25) is 0 Å². The lowest BCUT2D eigenvalue weighted by Crippen LogP contribution is -2.37. The lowest BCUT2D eigenvalue weighted by Gasteiger charge is -2.22. The van der Waals surface area contributed by atoms with Crippen molar-refractivity contribution < 1.29 is 4.79 Å². The van der Waals surface area contributed by atoms with Crippen LogP contribution in [0.5, 0.6) is 0 Å². The minimum Gasteiger partial charge on any atom is -0.340 e. The molecular formula is C20H20N4O2. The van der Waals surface area contributed by atoms with Crippen LogP contribution in [0.25, 0.3) is 11.3 Å². The van der Waals surface area contributed by atoms with Crippen molar-refractivity contribution in [2.75, 3.05) is 7.05 Å². The highest BCUT2D eigenvalue weighted by Crippen LogP contribution is 2.15. The number of aromatic nitrogens is 3. The molecule has 6 nitrogen and oxygen atoms in total. The first kappa shape index (κ1) is 17.5. The highest BCUT2D eigenvalue weighted by Gasteiger charge is 2.21. The molecule has 26 heavy (non-hydrogen) atoms. The number of carbonyl (C=O) groups is 1. The van der Waals surface area contributed by atoms with Crippen LogP contribution in [0, 0.1) is 0 Å². The minimum absolute atomic E-state index is 0.171. The van der Waals surface area contributed by atoms with Gasteiger partial charge in [-0.2, -0.15) is 5.10 Å². The molecule has 0 saturated heterocycles. The normalized spacial score (nSPS) is 11.8. The van der Waals surface area contributed by atoms with Gasteiger partial charge in [-0.3, -0.25) is 14.6 Å². The van der Waals surface area contributed by atoms with E-state index in [1.807, 2.05) is 42.5 Å². The minimum atomic E-state index is -0.696. The second kappa shape index (κ2) is 7.74. The largest absolute Gasteiger partial charge is 0.340 e. The lowest BCUT2D eigenvalue weighted by molar-refractivity contribution is -0.133. The third-order valence-electron chi connectivity index (χ3n) is 4.16. The molecule has 2 aromatic heterocycles. The topological polar surface area (TPSA) is 68.1 Å². The van der Waals surface area contributed by atoms with Gasteiger partial charge >= 0.3 is 0 Å². The molecule has 0 aliphatic carbocycles. The number of benzene rings is 1. The first-order valence-electron chi connectivity index (χ1n) is 8.35. The third-order valence-corrected chi connectivity index (χ3v) is 4.16. The first-order chi connectivity index (χ1) is 12.6. The maximum atomic E-state index is 12.8. The Balaban J connectivity index is 1.83. The maximum absolute atomic E-state index is 12.8. The molecule has 0 radical (unpaired) electrons. The van der Waals surface area contributed by atoms with Crippen LogP contribution in [0.4, 0.5) is 0 Å². The van der Waals surface area contributed by atoms with Crippen molar-refractivity contribution in [3.8, 4) is 11.3 Å². The van der Waals surface area contributed by atoms with Crippen molar-refractivity contribution in [3.05, 3.63) is 82.9 Å². The fourth-order valence-corrected chi connectivity index (χ4v) is 2.74. The molecule has 1 aromatic carbocycles. The average Bonchev–Trinajstić information content (AvgIpc) is 2.68. The number of pyridine rings is 1. The summed E-state index contributed by atoms with van der Waals surface area (Å²) in [5, 5.41) is 4.38. The molecular weight excluding hydrogens is 328 g/mol. The Bertz CT molecular complexity index is 939. The standard InChI is InChI=1S/C20H20N4O2/c1-15(20(26)23(2)14-16-6-4-3-5-7-16)24-19(25)9-8-18(22-24)17-10-12-21-13-11-17/h3-13,15H,14H2,1-2H3. The van der Waals surface area contributed by atoms with Crippen molar-refractivity contribution in [1.29, 1.82) is 0 Å². The zero-order valence-electron chi connectivity index (χ0n) is 14.7. The van der Waals surface area contributed by atoms with Crippen LogP contribution in [0.1, 0.15) is 18.5 Å². The van der Waals surface area contributed by atoms with Crippen LogP contribution in [0.3, 0.4) is 0 Å². The molecule has 0 aliphatic rings. The summed E-state index contributed by atoms with van der Waals surface area (Å²) in [7, 11) is 1.73. The fourth-order valence-electron chi connectivity index (χ4n) is 2.74. The van der Waals surface area contributed by atoms with E-state index >= 15 is 0 Å². The third kappa shape index (κ3) is 3.85. The molecule has 2 heterocycles. The zero-order chi connectivity index (χ0) is 18.5. The Morgan fingerprint density at radius 3 is 2.46 bits per heavy atom. The SMILES string of the molecule is CC(C(=O)N(C)Cc1ccccc1)n1nc(-c2ccncc2)ccc1=O. The van der Waals surface area contributed by atoms with Gasteiger partial charge < -0.3 is 4.90 Å². The zero-order valence-corrected chi connectivity index (χ0v) is 14.7. The second-order valence-electron chi connectivity index (χ2n) is 6.09. The average molecular weight is 348 g/mol. The highest BCUT2D eigenvalue weighted by molar-refractivity contribution is 5.79. The summed E-state index contributed by atoms with van der Waals surface area (Å²) in [5.74, 6) is -0.171. The summed E-state index contributed by atoms with van der Waals surface area (Å²) in [6.07, 6.45) is 3.32. The van der Waals surface area contributed by atoms with E-state index in [4.69, 9.17) is 0 Å². The predicted molar refractivity (Wildman–Crippen MR) is 99.4 cm³/mol. The molecule has 3 aromatic rings. The van der Waals surface area contributed by atoms with E-state index < -0.39 is 6.04 Å². The van der Waals surface area contributed by atoms with Gasteiger partial charge in [0, 0.05) is 37.6 Å². The number of amides is 1. The Labute approximate surface area is 151 Å². The summed E-state index contributed by atoms with van der Waals surface area (Å²) >= 11 is 0. The van der Waals surface area contributed by atoms with Crippen molar-refractivity contribution in [2.24, 2.45) is 0 Å². The molecule has 0 bridgehead atoms. The summed E-state index contributed by atoms with van der Waals surface area (Å²) in [4.78, 5) is 30.6. The summed E-state index contributed by atoms with van der Waals surface area (Å²) < 4.78 is 1.24. The van der Waals surface area contributed by atoms with Gasteiger partial charge in [-0.1, -0.05) is 30.3 Å². The molecule has 0 spiro atoms. The van der Waals surface area contributed by atoms with Gasteiger partial charge in [0.05, 0.1) is 5.69 Å². The number of nitrogens with zero attached hydrogens (tertiary/aromatic N) is 4. The Kier molecular flexibility index (Phi) is 5.22. The molecule has 1 atom stereocenters. The quantitative estimate of drug-likeness (QED) is 0.710. The maximum Gasteiger partial charge on any atom is 0.267 e. The van der Waals surface area contributed by atoms with E-state index in [9.17, 15) is 9.59 Å². The van der Waals surface area contributed by atoms with E-state index in [1.54, 1.807) is 37.3 Å². The van der Waals surface area contributed by atoms with E-state index in [1.165, 1.54) is 10.7 Å². The summed E-state index contributed by atoms with van der Waals surface area (Å²) in [5.41, 5.74) is 2.18. The highest BCUT2D eigenvalue weighted by atomic mass is 16.2. The van der Waals surface area contributed by atoms with Gasteiger partial charge in [0.2, 0.25) is 5.91 Å². The van der Waals surface area contributed by atoms with E-state index in [2.05, 4.69) is 10.1 Å². The Morgan fingerprint density at radius 1 is 1.08 bits per heavy atom. The van der Waals surface area contributed by atoms with Crippen LogP contribution in [0.15, 0.2) is 71.8 Å². The molecule has 1 amide bonds. The lowest BCUT2D eigenvalue weighted by atomic mass is 10.2. The Morgan fingerprint density at radius 2 is 1.77 bits per heavy atom. The molecule has 0 saturated carbocycles. The van der Waals surface area contributed by atoms with Crippen molar-refractivity contribution in [1.82, 2.24) is 19.7 Å². The van der Waals surface area contributed by atoms with Gasteiger partial charge in [0.15, 0.2) is 0 Å². The van der Waals surface area contributed by atoms with Crippen molar-refractivity contribution in [3.63, 3.8) is 0 Å². The van der Waals surface area contributed by atoms with Gasteiger partial charge in [-0.05, 0) is 30.7 Å². The van der Waals surface area contributed by atoms with Gasteiger partial charge in [-0.25, -0.2) is 4.68 Å². The molecule has 1 unspecified atom stereocenters. The van der Waals surface area contributed by atoms with Gasteiger partial charge in [0.25, 0.3) is 5.56 Å². The molecule has 3 rings (SSSR count). The van der Waals surface area contributed by atoms with Crippen LogP contribution >= 0.6 is 0 Å². The van der Waals surface area contributed by atoms with Gasteiger partial charge in [0.1, 0.15) is 6.04 Å². The number of hydrogen-bond acceptors (Lipinski definition) is 4. The number of hydrogen-bond donors (Lipinski definition) is 0. The fraction of sp³-hybridized carbons (Fsp3) is 0.200. The number of rotatable bonds is 5. The summed E-state index contributed by atoms with van der Waals surface area (Å²) in [6, 6.07) is 15.7. The summed E-state index contributed by atoms with van der Waals surface area (Å²) in [6.45, 7) is 2.16. The van der Waals surface area contributed by atoms with Crippen LogP contribution in [-0.2, 0) is 11.3 Å². The first-order valence-corrected chi connectivity index (χ1v) is 8.35. The van der Waals surface area contributed by atoms with Crippen LogP contribution < -0.4 is 5.56 Å². The molecule has 132 valence electrons. The molecule has 0 fully saturated rings. The van der Waals surface area contributed by atoms with Crippen molar-refractivity contribution in [2.45, 2.75) is 19.5 Å². The number of carbonyl (C=O) groups excluding carboxylic acids is 1. The molecule has 0 aliphatic heterocycles. The van der Waals surface area contributed by atoms with Crippen molar-refractivity contribution >= 4 is 5.91 Å². The number of likely N-dealkylation sites (N-methyl/N-ethyl adjacent to an activating group) is 1. The van der Waals surface area contributed by atoms with Gasteiger partial charge in [-0.15, -0.1) is 0 Å². The Hall–Kier alpha value is -3.28. The predicted octanol–water partition coefficient (Wildman–Crippen LogP) is 2.52. The van der Waals surface area contributed by atoms with Crippen LogP contribution in [-0.4, -0.2) is 32.6 Å². The van der Waals surface area contributed by atoms with E-state index in [0.29, 0.717) is 12.2 Å². The smallest absolute Gasteiger partial charge is 0.267 e. The monoisotopic (exact) mass is 348 g/mol. The van der Waals surface area contributed by atoms with E-state index in [-0.39, 0.29) is 11.5 Å². The molecule has 0 N–H and O–H groups in total. The molecule has 6 heteroatoms. The second-order valence-corrected chi connectivity index (χ2v) is 6.09.